The zero-order valence-electron chi connectivity index (χ0n) is 12.0. The molecule has 0 saturated carbocycles. The highest BCUT2D eigenvalue weighted by molar-refractivity contribution is 7.99. The first kappa shape index (κ1) is 14.8. The predicted molar refractivity (Wildman–Crippen MR) is 83.7 cm³/mol. The zero-order chi connectivity index (χ0) is 15.7. The largest absolute Gasteiger partial charge is 0.345 e. The van der Waals surface area contributed by atoms with E-state index in [1.807, 2.05) is 0 Å². The van der Waals surface area contributed by atoms with E-state index in [1.54, 1.807) is 30.8 Å². The molecule has 1 aliphatic rings. The highest BCUT2D eigenvalue weighted by Crippen LogP contribution is 2.36. The van der Waals surface area contributed by atoms with Crippen LogP contribution in [0.3, 0.4) is 0 Å². The summed E-state index contributed by atoms with van der Waals surface area (Å²) in [7, 11) is 0. The van der Waals surface area contributed by atoms with Crippen molar-refractivity contribution in [3.63, 3.8) is 0 Å². The van der Waals surface area contributed by atoms with Gasteiger partial charge in [0.25, 0.3) is 11.5 Å². The van der Waals surface area contributed by atoms with Crippen molar-refractivity contribution in [3.05, 3.63) is 63.3 Å². The van der Waals surface area contributed by atoms with Crippen molar-refractivity contribution < 1.29 is 9.18 Å². The van der Waals surface area contributed by atoms with Gasteiger partial charge in [-0.05, 0) is 49.2 Å². The van der Waals surface area contributed by atoms with Crippen molar-refractivity contribution in [2.24, 2.45) is 0 Å². The summed E-state index contributed by atoms with van der Waals surface area (Å²) in [5.41, 5.74) is 1.13. The molecule has 3 rings (SSSR count). The van der Waals surface area contributed by atoms with Crippen LogP contribution in [0.25, 0.3) is 0 Å². The minimum Gasteiger partial charge on any atom is -0.345 e. The molecule has 114 valence electrons. The second-order valence-corrected chi connectivity index (χ2v) is 6.37. The van der Waals surface area contributed by atoms with Crippen LogP contribution in [0.1, 0.15) is 34.1 Å². The Morgan fingerprint density at radius 2 is 2.18 bits per heavy atom. The second kappa shape index (κ2) is 5.96. The Morgan fingerprint density at radius 3 is 2.95 bits per heavy atom. The topological polar surface area (TPSA) is 62.0 Å². The van der Waals surface area contributed by atoms with E-state index >= 15 is 0 Å². The molecule has 0 fully saturated rings. The lowest BCUT2D eigenvalue weighted by Crippen LogP contribution is -2.34. The Hall–Kier alpha value is -2.08. The van der Waals surface area contributed by atoms with E-state index in [1.165, 1.54) is 18.2 Å². The van der Waals surface area contributed by atoms with E-state index in [4.69, 9.17) is 0 Å². The lowest BCUT2D eigenvalue weighted by molar-refractivity contribution is 0.0933. The number of aryl methyl sites for hydroxylation is 1. The molecule has 22 heavy (non-hydrogen) atoms. The number of rotatable bonds is 2. The molecule has 6 heteroatoms. The minimum atomic E-state index is -0.437. The number of carbonyl (C=O) groups is 1. The van der Waals surface area contributed by atoms with Gasteiger partial charge in [0, 0.05) is 16.3 Å². The summed E-state index contributed by atoms with van der Waals surface area (Å²) in [6.45, 7) is 1.75. The number of pyridine rings is 1. The molecule has 1 atom stereocenters. The standard InChI is InChI=1S/C16H15FN2O2S/c1-9-2-4-11(15(20)18-9)16(21)19-13-6-7-22-14-5-3-10(17)8-12(13)14/h2-5,8,13H,6-7H2,1H3,(H,18,20)(H,19,21). The van der Waals surface area contributed by atoms with Gasteiger partial charge in [-0.2, -0.15) is 0 Å². The Morgan fingerprint density at radius 1 is 1.36 bits per heavy atom. The molecule has 1 amide bonds. The van der Waals surface area contributed by atoms with Gasteiger partial charge in [0.15, 0.2) is 0 Å². The van der Waals surface area contributed by atoms with Gasteiger partial charge in [-0.3, -0.25) is 9.59 Å². The molecule has 4 nitrogen and oxygen atoms in total. The number of carbonyl (C=O) groups excluding carboxylic acids is 1. The van der Waals surface area contributed by atoms with Gasteiger partial charge < -0.3 is 10.3 Å². The number of halogens is 1. The average Bonchev–Trinajstić information content (AvgIpc) is 2.47. The van der Waals surface area contributed by atoms with E-state index in [0.717, 1.165) is 16.2 Å². The Bertz CT molecular complexity index is 788. The SMILES string of the molecule is Cc1ccc(C(=O)NC2CCSc3ccc(F)cc32)c(=O)[nH]1. The number of aromatic nitrogens is 1. The number of thioether (sulfide) groups is 1. The van der Waals surface area contributed by atoms with Crippen LogP contribution in [0, 0.1) is 12.7 Å². The van der Waals surface area contributed by atoms with Crippen LogP contribution in [0.4, 0.5) is 4.39 Å². The molecular formula is C16H15FN2O2S. The molecule has 1 aromatic carbocycles. The molecule has 0 spiro atoms. The molecule has 0 bridgehead atoms. The van der Waals surface area contributed by atoms with Crippen LogP contribution < -0.4 is 10.9 Å². The molecule has 1 aromatic heterocycles. The average molecular weight is 318 g/mol. The summed E-state index contributed by atoms with van der Waals surface area (Å²) in [5, 5.41) is 2.84. The summed E-state index contributed by atoms with van der Waals surface area (Å²) >= 11 is 1.64. The van der Waals surface area contributed by atoms with E-state index in [-0.39, 0.29) is 17.4 Å². The molecule has 0 aliphatic carbocycles. The van der Waals surface area contributed by atoms with Crippen molar-refractivity contribution in [1.82, 2.24) is 10.3 Å². The number of aromatic amines is 1. The van der Waals surface area contributed by atoms with E-state index < -0.39 is 11.5 Å². The number of fused-ring (bicyclic) bond motifs is 1. The summed E-state index contributed by atoms with van der Waals surface area (Å²) in [6.07, 6.45) is 0.705. The number of amides is 1. The molecule has 1 unspecified atom stereocenters. The van der Waals surface area contributed by atoms with Crippen LogP contribution in [0.2, 0.25) is 0 Å². The van der Waals surface area contributed by atoms with Gasteiger partial charge in [0.05, 0.1) is 6.04 Å². The number of hydrogen-bond donors (Lipinski definition) is 2. The quantitative estimate of drug-likeness (QED) is 0.895. The molecule has 2 N–H and O–H groups in total. The Labute approximate surface area is 131 Å². The minimum absolute atomic E-state index is 0.0711. The summed E-state index contributed by atoms with van der Waals surface area (Å²) in [4.78, 5) is 27.7. The Kier molecular flexibility index (Phi) is 4.02. The fraction of sp³-hybridized carbons (Fsp3) is 0.250. The first-order chi connectivity index (χ1) is 10.5. The number of benzene rings is 1. The molecule has 2 aromatic rings. The van der Waals surface area contributed by atoms with Crippen LogP contribution >= 0.6 is 11.8 Å². The van der Waals surface area contributed by atoms with Gasteiger partial charge in [-0.1, -0.05) is 0 Å². The number of hydrogen-bond acceptors (Lipinski definition) is 3. The molecule has 0 radical (unpaired) electrons. The van der Waals surface area contributed by atoms with Crippen LogP contribution in [0.15, 0.2) is 40.0 Å². The summed E-state index contributed by atoms with van der Waals surface area (Å²) in [6, 6.07) is 7.51. The first-order valence-corrected chi connectivity index (χ1v) is 7.96. The van der Waals surface area contributed by atoms with Crippen molar-refractivity contribution in [1.29, 1.82) is 0 Å². The smallest absolute Gasteiger partial charge is 0.260 e. The third kappa shape index (κ3) is 2.92. The molecule has 0 saturated heterocycles. The van der Waals surface area contributed by atoms with Gasteiger partial charge in [0.2, 0.25) is 0 Å². The van der Waals surface area contributed by atoms with Crippen LogP contribution in [-0.2, 0) is 0 Å². The lowest BCUT2D eigenvalue weighted by atomic mass is 10.0. The predicted octanol–water partition coefficient (Wildman–Crippen LogP) is 2.79. The summed E-state index contributed by atoms with van der Waals surface area (Å²) < 4.78 is 13.5. The third-order valence-electron chi connectivity index (χ3n) is 3.62. The van der Waals surface area contributed by atoms with Crippen molar-refractivity contribution in [2.45, 2.75) is 24.3 Å². The van der Waals surface area contributed by atoms with E-state index in [2.05, 4.69) is 10.3 Å². The van der Waals surface area contributed by atoms with Crippen molar-refractivity contribution in [3.8, 4) is 0 Å². The maximum absolute atomic E-state index is 13.5. The number of H-pyrrole nitrogens is 1. The van der Waals surface area contributed by atoms with Gasteiger partial charge in [-0.15, -0.1) is 11.8 Å². The molecule has 2 heterocycles. The third-order valence-corrected chi connectivity index (χ3v) is 4.74. The maximum atomic E-state index is 13.5. The van der Waals surface area contributed by atoms with E-state index in [0.29, 0.717) is 12.1 Å². The Balaban J connectivity index is 1.87. The molecule has 1 aliphatic heterocycles. The maximum Gasteiger partial charge on any atom is 0.260 e. The normalized spacial score (nSPS) is 16.9. The van der Waals surface area contributed by atoms with Crippen LogP contribution in [0.5, 0.6) is 0 Å². The highest BCUT2D eigenvalue weighted by atomic mass is 32.2. The first-order valence-electron chi connectivity index (χ1n) is 6.97. The van der Waals surface area contributed by atoms with Crippen molar-refractivity contribution >= 4 is 17.7 Å². The fourth-order valence-corrected chi connectivity index (χ4v) is 3.61. The van der Waals surface area contributed by atoms with Crippen molar-refractivity contribution in [2.75, 3.05) is 5.75 Å². The number of nitrogens with one attached hydrogen (secondary N) is 2. The fourth-order valence-electron chi connectivity index (χ4n) is 2.50. The van der Waals surface area contributed by atoms with Gasteiger partial charge >= 0.3 is 0 Å². The monoisotopic (exact) mass is 318 g/mol. The van der Waals surface area contributed by atoms with Gasteiger partial charge in [0.1, 0.15) is 11.4 Å². The highest BCUT2D eigenvalue weighted by Gasteiger charge is 2.24. The van der Waals surface area contributed by atoms with Gasteiger partial charge in [-0.25, -0.2) is 4.39 Å². The molecular weight excluding hydrogens is 303 g/mol. The summed E-state index contributed by atoms with van der Waals surface area (Å²) in [5.74, 6) is 0.0791. The zero-order valence-corrected chi connectivity index (χ0v) is 12.8. The second-order valence-electron chi connectivity index (χ2n) is 5.23. The van der Waals surface area contributed by atoms with Crippen LogP contribution in [-0.4, -0.2) is 16.6 Å². The van der Waals surface area contributed by atoms with E-state index in [9.17, 15) is 14.0 Å². The lowest BCUT2D eigenvalue weighted by Gasteiger charge is -2.25.